The molecule has 1 fully saturated rings. The van der Waals surface area contributed by atoms with Crippen LogP contribution in [-0.2, 0) is 19.9 Å². The van der Waals surface area contributed by atoms with Gasteiger partial charge in [0.15, 0.2) is 9.84 Å². The fourth-order valence-corrected chi connectivity index (χ4v) is 4.82. The second-order valence-electron chi connectivity index (χ2n) is 6.55. The molecule has 0 saturated carbocycles. The van der Waals surface area contributed by atoms with Crippen molar-refractivity contribution in [1.82, 2.24) is 9.62 Å². The Morgan fingerprint density at radius 3 is 2.58 bits per heavy atom. The van der Waals surface area contributed by atoms with E-state index >= 15 is 0 Å². The van der Waals surface area contributed by atoms with E-state index in [-0.39, 0.29) is 9.79 Å². The molecule has 1 atom stereocenters. The van der Waals surface area contributed by atoms with Gasteiger partial charge in [0, 0.05) is 19.3 Å². The van der Waals surface area contributed by atoms with Crippen LogP contribution in [0.1, 0.15) is 26.2 Å². The maximum absolute atomic E-state index is 12.3. The minimum atomic E-state index is -3.69. The van der Waals surface area contributed by atoms with Crippen molar-refractivity contribution in [1.29, 1.82) is 0 Å². The second-order valence-corrected chi connectivity index (χ2v) is 10.3. The van der Waals surface area contributed by atoms with Gasteiger partial charge in [0.1, 0.15) is 0 Å². The molecular formula is C16H26N2O4S2. The molecule has 1 aliphatic rings. The third kappa shape index (κ3) is 5.54. The number of sulfone groups is 1. The van der Waals surface area contributed by atoms with Crippen LogP contribution in [0.15, 0.2) is 34.1 Å². The van der Waals surface area contributed by atoms with Crippen LogP contribution in [0.5, 0.6) is 0 Å². The molecule has 0 aliphatic carbocycles. The van der Waals surface area contributed by atoms with E-state index < -0.39 is 19.9 Å². The van der Waals surface area contributed by atoms with Gasteiger partial charge in [-0.2, -0.15) is 0 Å². The number of benzene rings is 1. The first-order valence-corrected chi connectivity index (χ1v) is 11.6. The van der Waals surface area contributed by atoms with E-state index in [1.807, 2.05) is 0 Å². The molecule has 0 spiro atoms. The normalized spacial score (nSPS) is 20.2. The molecule has 1 unspecified atom stereocenters. The smallest absolute Gasteiger partial charge is 0.240 e. The highest BCUT2D eigenvalue weighted by Crippen LogP contribution is 2.16. The van der Waals surface area contributed by atoms with Crippen molar-refractivity contribution < 1.29 is 16.8 Å². The van der Waals surface area contributed by atoms with E-state index in [1.54, 1.807) is 0 Å². The highest BCUT2D eigenvalue weighted by atomic mass is 32.2. The number of rotatable bonds is 7. The number of hydrogen-bond donors (Lipinski definition) is 1. The van der Waals surface area contributed by atoms with Gasteiger partial charge in [-0.15, -0.1) is 0 Å². The second kappa shape index (κ2) is 7.95. The lowest BCUT2D eigenvalue weighted by Gasteiger charge is -2.30. The number of piperidine rings is 1. The molecule has 136 valence electrons. The van der Waals surface area contributed by atoms with Crippen LogP contribution >= 0.6 is 0 Å². The molecular weight excluding hydrogens is 348 g/mol. The lowest BCUT2D eigenvalue weighted by molar-refractivity contribution is 0.182. The molecule has 1 aromatic carbocycles. The van der Waals surface area contributed by atoms with Gasteiger partial charge in [-0.3, -0.25) is 0 Å². The summed E-state index contributed by atoms with van der Waals surface area (Å²) in [6.07, 6.45) is 4.26. The van der Waals surface area contributed by atoms with Gasteiger partial charge in [-0.05, 0) is 56.5 Å². The van der Waals surface area contributed by atoms with Crippen molar-refractivity contribution in [2.45, 2.75) is 36.0 Å². The maximum atomic E-state index is 12.3. The molecule has 1 heterocycles. The highest BCUT2D eigenvalue weighted by Gasteiger charge is 2.18. The summed E-state index contributed by atoms with van der Waals surface area (Å²) in [7, 11) is -7.12. The molecule has 2 rings (SSSR count). The molecule has 0 bridgehead atoms. The standard InChI is InChI=1S/C16H26N2O4S2/c1-14-6-4-10-18(13-14)11-5-9-17-24(21,22)16-8-3-7-15(12-16)23(2,19)20/h3,7-8,12,14,17H,4-6,9-11,13H2,1-2H3. The first kappa shape index (κ1) is 19.4. The van der Waals surface area contributed by atoms with Crippen molar-refractivity contribution in [2.24, 2.45) is 5.92 Å². The van der Waals surface area contributed by atoms with E-state index in [2.05, 4.69) is 16.5 Å². The first-order valence-electron chi connectivity index (χ1n) is 8.20. The summed E-state index contributed by atoms with van der Waals surface area (Å²) in [5.74, 6) is 0.703. The lowest BCUT2D eigenvalue weighted by atomic mass is 10.0. The van der Waals surface area contributed by atoms with E-state index in [0.717, 1.165) is 32.3 Å². The Kier molecular flexibility index (Phi) is 6.41. The molecule has 8 heteroatoms. The van der Waals surface area contributed by atoms with Gasteiger partial charge < -0.3 is 4.90 Å². The van der Waals surface area contributed by atoms with Crippen LogP contribution in [0.4, 0.5) is 0 Å². The zero-order chi connectivity index (χ0) is 17.8. The number of nitrogens with zero attached hydrogens (tertiary/aromatic N) is 1. The molecule has 6 nitrogen and oxygen atoms in total. The Bertz CT molecular complexity index is 760. The van der Waals surface area contributed by atoms with Crippen molar-refractivity contribution in [3.8, 4) is 0 Å². The van der Waals surface area contributed by atoms with Crippen LogP contribution in [0.2, 0.25) is 0 Å². The number of likely N-dealkylation sites (tertiary alicyclic amines) is 1. The topological polar surface area (TPSA) is 83.6 Å². The number of sulfonamides is 1. The molecule has 0 radical (unpaired) electrons. The summed E-state index contributed by atoms with van der Waals surface area (Å²) in [6.45, 7) is 5.60. The van der Waals surface area contributed by atoms with Gasteiger partial charge in [0.05, 0.1) is 9.79 Å². The Morgan fingerprint density at radius 2 is 1.92 bits per heavy atom. The summed E-state index contributed by atoms with van der Waals surface area (Å²) < 4.78 is 50.3. The number of nitrogens with one attached hydrogen (secondary N) is 1. The van der Waals surface area contributed by atoms with Crippen molar-refractivity contribution in [3.63, 3.8) is 0 Å². The monoisotopic (exact) mass is 374 g/mol. The quantitative estimate of drug-likeness (QED) is 0.731. The van der Waals surface area contributed by atoms with Gasteiger partial charge in [0.25, 0.3) is 0 Å². The summed E-state index contributed by atoms with van der Waals surface area (Å²) in [5.41, 5.74) is 0. The van der Waals surface area contributed by atoms with Crippen LogP contribution < -0.4 is 4.72 Å². The Morgan fingerprint density at radius 1 is 1.21 bits per heavy atom. The SMILES string of the molecule is CC1CCCN(CCCNS(=O)(=O)c2cccc(S(C)(=O)=O)c2)C1. The fraction of sp³-hybridized carbons (Fsp3) is 0.625. The largest absolute Gasteiger partial charge is 0.303 e. The summed E-state index contributed by atoms with van der Waals surface area (Å²) in [5, 5.41) is 0. The Balaban J connectivity index is 1.90. The van der Waals surface area contributed by atoms with Crippen LogP contribution in [0.3, 0.4) is 0 Å². The molecule has 1 saturated heterocycles. The predicted octanol–water partition coefficient (Wildman–Crippen LogP) is 1.49. The van der Waals surface area contributed by atoms with E-state index in [0.29, 0.717) is 12.5 Å². The van der Waals surface area contributed by atoms with E-state index in [4.69, 9.17) is 0 Å². The van der Waals surface area contributed by atoms with Crippen molar-refractivity contribution in [3.05, 3.63) is 24.3 Å². The molecule has 0 aromatic heterocycles. The van der Waals surface area contributed by atoms with Gasteiger partial charge >= 0.3 is 0 Å². The average Bonchev–Trinajstić information content (AvgIpc) is 2.51. The van der Waals surface area contributed by atoms with Gasteiger partial charge in [0.2, 0.25) is 10.0 Å². The number of hydrogen-bond acceptors (Lipinski definition) is 5. The molecule has 24 heavy (non-hydrogen) atoms. The Labute approximate surface area is 145 Å². The molecule has 0 amide bonds. The summed E-state index contributed by atoms with van der Waals surface area (Å²) >= 11 is 0. The van der Waals surface area contributed by atoms with Crippen LogP contribution in [-0.4, -0.2) is 54.2 Å². The summed E-state index contributed by atoms with van der Waals surface area (Å²) in [6, 6.07) is 5.44. The summed E-state index contributed by atoms with van der Waals surface area (Å²) in [4.78, 5) is 2.36. The van der Waals surface area contributed by atoms with E-state index in [1.165, 1.54) is 37.1 Å². The molecule has 1 aliphatic heterocycles. The third-order valence-corrected chi connectivity index (χ3v) is 6.80. The third-order valence-electron chi connectivity index (χ3n) is 4.23. The predicted molar refractivity (Wildman–Crippen MR) is 94.2 cm³/mol. The first-order chi connectivity index (χ1) is 11.2. The molecule has 1 N–H and O–H groups in total. The Hall–Kier alpha value is -0.960. The van der Waals surface area contributed by atoms with Crippen LogP contribution in [0.25, 0.3) is 0 Å². The van der Waals surface area contributed by atoms with Gasteiger partial charge in [-0.1, -0.05) is 13.0 Å². The van der Waals surface area contributed by atoms with Crippen molar-refractivity contribution >= 4 is 19.9 Å². The van der Waals surface area contributed by atoms with E-state index in [9.17, 15) is 16.8 Å². The minimum Gasteiger partial charge on any atom is -0.303 e. The lowest BCUT2D eigenvalue weighted by Crippen LogP contribution is -2.36. The van der Waals surface area contributed by atoms with Gasteiger partial charge in [-0.25, -0.2) is 21.6 Å². The van der Waals surface area contributed by atoms with Crippen molar-refractivity contribution in [2.75, 3.05) is 32.4 Å². The zero-order valence-corrected chi connectivity index (χ0v) is 15.9. The average molecular weight is 375 g/mol. The van der Waals surface area contributed by atoms with Crippen LogP contribution in [0, 0.1) is 5.92 Å². The maximum Gasteiger partial charge on any atom is 0.240 e. The zero-order valence-electron chi connectivity index (χ0n) is 14.2. The minimum absolute atomic E-state index is 0.00711. The highest BCUT2D eigenvalue weighted by molar-refractivity contribution is 7.91. The fourth-order valence-electron chi connectivity index (χ4n) is 2.95. The molecule has 1 aromatic rings.